The molecule has 0 aliphatic carbocycles. The van der Waals surface area contributed by atoms with Gasteiger partial charge in [0.1, 0.15) is 11.4 Å². The maximum Gasteiger partial charge on any atom is 0.325 e. The summed E-state index contributed by atoms with van der Waals surface area (Å²) < 4.78 is 32.5. The maximum absolute atomic E-state index is 12.3. The zero-order valence-corrected chi connectivity index (χ0v) is 12.1. The molecule has 2 rings (SSSR count). The Balaban J connectivity index is 2.27. The van der Waals surface area contributed by atoms with E-state index in [1.54, 1.807) is 0 Å². The van der Waals surface area contributed by atoms with Gasteiger partial charge in [0, 0.05) is 0 Å². The number of sulfonamides is 1. The molecule has 2 aromatic heterocycles. The molecular weight excluding hydrogens is 302 g/mol. The molecule has 21 heavy (non-hydrogen) atoms. The van der Waals surface area contributed by atoms with Crippen LogP contribution >= 0.6 is 0 Å². The van der Waals surface area contributed by atoms with Crippen LogP contribution in [0.25, 0.3) is 0 Å². The Kier molecular flexibility index (Phi) is 4.04. The van der Waals surface area contributed by atoms with Crippen molar-refractivity contribution in [2.45, 2.75) is 31.8 Å². The number of carbonyl (C=O) groups is 1. The summed E-state index contributed by atoms with van der Waals surface area (Å²) in [7, 11) is -3.86. The van der Waals surface area contributed by atoms with Gasteiger partial charge in [0.2, 0.25) is 16.4 Å². The first-order valence-corrected chi connectivity index (χ1v) is 7.30. The summed E-state index contributed by atoms with van der Waals surface area (Å²) in [6.07, 6.45) is 1.09. The van der Waals surface area contributed by atoms with Crippen molar-refractivity contribution >= 4 is 16.0 Å². The van der Waals surface area contributed by atoms with Crippen LogP contribution in [0.2, 0.25) is 0 Å². The quantitative estimate of drug-likeness (QED) is 0.723. The maximum atomic E-state index is 12.3. The highest BCUT2D eigenvalue weighted by Gasteiger charge is 2.25. The van der Waals surface area contributed by atoms with Crippen LogP contribution < -0.4 is 4.72 Å². The first-order chi connectivity index (χ1) is 9.81. The molecule has 0 fully saturated rings. The lowest BCUT2D eigenvalue weighted by Crippen LogP contribution is -2.25. The average Bonchev–Trinajstić information content (AvgIpc) is 2.96. The third kappa shape index (κ3) is 3.25. The first kappa shape index (κ1) is 15.1. The zero-order valence-electron chi connectivity index (χ0n) is 11.3. The van der Waals surface area contributed by atoms with Crippen molar-refractivity contribution in [3.63, 3.8) is 0 Å². The van der Waals surface area contributed by atoms with Crippen LogP contribution in [0, 0.1) is 13.8 Å². The molecule has 0 aromatic carbocycles. The van der Waals surface area contributed by atoms with Crippen LogP contribution in [-0.4, -0.2) is 39.4 Å². The van der Waals surface area contributed by atoms with Crippen molar-refractivity contribution in [3.8, 4) is 0 Å². The molecule has 0 radical (unpaired) electrons. The van der Waals surface area contributed by atoms with Crippen molar-refractivity contribution < 1.29 is 22.8 Å². The zero-order chi connectivity index (χ0) is 15.6. The highest BCUT2D eigenvalue weighted by atomic mass is 32.2. The Bertz CT molecular complexity index is 749. The van der Waals surface area contributed by atoms with E-state index in [0.29, 0.717) is 0 Å². The molecule has 0 spiro atoms. The van der Waals surface area contributed by atoms with Crippen LogP contribution in [0.15, 0.2) is 15.8 Å². The van der Waals surface area contributed by atoms with E-state index in [0.717, 1.165) is 11.1 Å². The number of nitrogens with one attached hydrogen (secondary N) is 1. The molecule has 0 aliphatic rings. The van der Waals surface area contributed by atoms with Crippen LogP contribution in [0.4, 0.5) is 0 Å². The SMILES string of the molecule is Cc1nn(CC(=O)O)c(C)c1S(=O)(=O)NCc1ncon1. The molecule has 10 nitrogen and oxygen atoms in total. The molecule has 0 saturated heterocycles. The molecule has 0 saturated carbocycles. The number of nitrogens with zero attached hydrogens (tertiary/aromatic N) is 4. The van der Waals surface area contributed by atoms with Gasteiger partial charge >= 0.3 is 5.97 Å². The van der Waals surface area contributed by atoms with Gasteiger partial charge in [0.05, 0.1) is 17.9 Å². The Morgan fingerprint density at radius 2 is 2.19 bits per heavy atom. The lowest BCUT2D eigenvalue weighted by molar-refractivity contribution is -0.137. The fourth-order valence-corrected chi connectivity index (χ4v) is 3.24. The molecule has 0 unspecified atom stereocenters. The summed E-state index contributed by atoms with van der Waals surface area (Å²) >= 11 is 0. The molecule has 114 valence electrons. The minimum atomic E-state index is -3.86. The third-order valence-electron chi connectivity index (χ3n) is 2.70. The van der Waals surface area contributed by atoms with Crippen molar-refractivity contribution in [2.24, 2.45) is 0 Å². The van der Waals surface area contributed by atoms with Gasteiger partial charge in [-0.15, -0.1) is 0 Å². The van der Waals surface area contributed by atoms with E-state index in [1.807, 2.05) is 0 Å². The van der Waals surface area contributed by atoms with Gasteiger partial charge in [0.25, 0.3) is 0 Å². The minimum Gasteiger partial charge on any atom is -0.480 e. The fraction of sp³-hybridized carbons (Fsp3) is 0.400. The van der Waals surface area contributed by atoms with Crippen LogP contribution in [0.5, 0.6) is 0 Å². The number of carboxylic acids is 1. The van der Waals surface area contributed by atoms with Gasteiger partial charge in [-0.3, -0.25) is 9.48 Å². The molecule has 0 amide bonds. The summed E-state index contributed by atoms with van der Waals surface area (Å²) in [5, 5.41) is 16.2. The number of aromatic nitrogens is 4. The van der Waals surface area contributed by atoms with E-state index in [2.05, 4.69) is 24.5 Å². The van der Waals surface area contributed by atoms with Crippen molar-refractivity contribution in [1.29, 1.82) is 0 Å². The molecule has 0 atom stereocenters. The Hall–Kier alpha value is -2.27. The monoisotopic (exact) mass is 315 g/mol. The normalized spacial score (nSPS) is 11.7. The van der Waals surface area contributed by atoms with Gasteiger partial charge in [-0.05, 0) is 13.8 Å². The third-order valence-corrected chi connectivity index (χ3v) is 4.35. The molecule has 0 aliphatic heterocycles. The molecule has 0 bridgehead atoms. The van der Waals surface area contributed by atoms with Gasteiger partial charge in [0.15, 0.2) is 5.82 Å². The van der Waals surface area contributed by atoms with Gasteiger partial charge in [-0.2, -0.15) is 10.1 Å². The Morgan fingerprint density at radius 1 is 1.48 bits per heavy atom. The van der Waals surface area contributed by atoms with Gasteiger partial charge in [-0.25, -0.2) is 13.1 Å². The van der Waals surface area contributed by atoms with E-state index in [-0.39, 0.29) is 28.7 Å². The predicted molar refractivity (Wildman–Crippen MR) is 67.7 cm³/mol. The van der Waals surface area contributed by atoms with Crippen LogP contribution in [0.3, 0.4) is 0 Å². The Labute approximate surface area is 119 Å². The summed E-state index contributed by atoms with van der Waals surface area (Å²) in [6, 6.07) is 0. The van der Waals surface area contributed by atoms with Crippen molar-refractivity contribution in [2.75, 3.05) is 0 Å². The number of hydrogen-bond acceptors (Lipinski definition) is 7. The Morgan fingerprint density at radius 3 is 2.76 bits per heavy atom. The highest BCUT2D eigenvalue weighted by molar-refractivity contribution is 7.89. The molecule has 2 aromatic rings. The number of rotatable bonds is 6. The number of aliphatic carboxylic acids is 1. The summed E-state index contributed by atoms with van der Waals surface area (Å²) in [5.74, 6) is -0.920. The minimum absolute atomic E-state index is 0.0488. The van der Waals surface area contributed by atoms with E-state index in [4.69, 9.17) is 5.11 Å². The summed E-state index contributed by atoms with van der Waals surface area (Å²) in [4.78, 5) is 14.4. The number of hydrogen-bond donors (Lipinski definition) is 2. The fourth-order valence-electron chi connectivity index (χ4n) is 1.85. The van der Waals surface area contributed by atoms with E-state index in [1.165, 1.54) is 13.8 Å². The van der Waals surface area contributed by atoms with E-state index in [9.17, 15) is 13.2 Å². The van der Waals surface area contributed by atoms with Crippen LogP contribution in [-0.2, 0) is 27.9 Å². The average molecular weight is 315 g/mol. The van der Waals surface area contributed by atoms with Crippen molar-refractivity contribution in [3.05, 3.63) is 23.6 Å². The molecular formula is C10H13N5O5S. The van der Waals surface area contributed by atoms with Crippen LogP contribution in [0.1, 0.15) is 17.2 Å². The predicted octanol–water partition coefficient (Wildman–Crippen LogP) is -0.554. The number of carboxylic acid groups (broad SMARTS) is 1. The summed E-state index contributed by atoms with van der Waals surface area (Å²) in [5.41, 5.74) is 0.463. The van der Waals surface area contributed by atoms with Gasteiger partial charge < -0.3 is 9.63 Å². The summed E-state index contributed by atoms with van der Waals surface area (Å²) in [6.45, 7) is 2.44. The largest absolute Gasteiger partial charge is 0.480 e. The number of aryl methyl sites for hydroxylation is 1. The van der Waals surface area contributed by atoms with E-state index >= 15 is 0 Å². The second kappa shape index (κ2) is 5.61. The first-order valence-electron chi connectivity index (χ1n) is 5.82. The second-order valence-corrected chi connectivity index (χ2v) is 5.93. The molecule has 11 heteroatoms. The topological polar surface area (TPSA) is 140 Å². The second-order valence-electron chi connectivity index (χ2n) is 4.22. The van der Waals surface area contributed by atoms with Crippen molar-refractivity contribution in [1.82, 2.24) is 24.6 Å². The standard InChI is InChI=1S/C10H13N5O5S/c1-6-10(7(2)15(13-6)4-9(16)17)21(18,19)12-3-8-11-5-20-14-8/h5,12H,3-4H2,1-2H3,(H,16,17). The molecule has 2 heterocycles. The smallest absolute Gasteiger partial charge is 0.325 e. The highest BCUT2D eigenvalue weighted by Crippen LogP contribution is 2.19. The lowest BCUT2D eigenvalue weighted by Gasteiger charge is -2.05. The molecule has 2 N–H and O–H groups in total. The van der Waals surface area contributed by atoms with E-state index < -0.39 is 22.5 Å². The lowest BCUT2D eigenvalue weighted by atomic mass is 10.4. The van der Waals surface area contributed by atoms with Gasteiger partial charge in [-0.1, -0.05) is 5.16 Å².